The van der Waals surface area contributed by atoms with E-state index in [-0.39, 0.29) is 23.9 Å². The van der Waals surface area contributed by atoms with E-state index in [1.165, 1.54) is 36.1 Å². The van der Waals surface area contributed by atoms with E-state index in [2.05, 4.69) is 83.4 Å². The fraction of sp³-hybridized carbons (Fsp3) is 0.286. The molecule has 2 amide bonds. The average Bonchev–Trinajstić information content (AvgIpc) is 2.79. The van der Waals surface area contributed by atoms with Crippen LogP contribution in [0.4, 0.5) is 0 Å². The normalized spacial score (nSPS) is 18.1. The van der Waals surface area contributed by atoms with Crippen molar-refractivity contribution in [2.45, 2.75) is 51.6 Å². The number of hydrogen-bond acceptors (Lipinski definition) is 2. The molecule has 3 aromatic rings. The number of amides is 2. The second kappa shape index (κ2) is 9.82. The van der Waals surface area contributed by atoms with Gasteiger partial charge in [-0.1, -0.05) is 72.8 Å². The van der Waals surface area contributed by atoms with Gasteiger partial charge in [0.05, 0.1) is 12.1 Å². The van der Waals surface area contributed by atoms with Gasteiger partial charge in [-0.15, -0.1) is 0 Å². The minimum Gasteiger partial charge on any atom is -0.347 e. The molecule has 0 unspecified atom stereocenters. The molecule has 4 heteroatoms. The predicted molar refractivity (Wildman–Crippen MR) is 127 cm³/mol. The molecule has 0 aliphatic heterocycles. The van der Waals surface area contributed by atoms with Crippen molar-refractivity contribution in [3.63, 3.8) is 0 Å². The summed E-state index contributed by atoms with van der Waals surface area (Å²) in [6, 6.07) is 24.9. The highest BCUT2D eigenvalue weighted by Gasteiger charge is 2.26. The second-order valence-corrected chi connectivity index (χ2v) is 8.66. The Hall–Kier alpha value is -3.40. The van der Waals surface area contributed by atoms with Crippen LogP contribution in [0.3, 0.4) is 0 Å². The summed E-state index contributed by atoms with van der Waals surface area (Å²) in [6.07, 6.45) is 3.90. The summed E-state index contributed by atoms with van der Waals surface area (Å²) in [5, 5.41) is 6.13. The van der Waals surface area contributed by atoms with Gasteiger partial charge in [0.1, 0.15) is 0 Å². The lowest BCUT2D eigenvalue weighted by Crippen LogP contribution is -2.39. The maximum absolute atomic E-state index is 12.1. The first-order valence-electron chi connectivity index (χ1n) is 11.3. The third-order valence-electron chi connectivity index (χ3n) is 6.12. The van der Waals surface area contributed by atoms with E-state index in [0.29, 0.717) is 0 Å². The number of rotatable bonds is 2. The first kappa shape index (κ1) is 21.8. The smallest absolute Gasteiger partial charge is 0.217 e. The first-order valence-corrected chi connectivity index (χ1v) is 11.3. The van der Waals surface area contributed by atoms with Crippen molar-refractivity contribution < 1.29 is 9.59 Å². The van der Waals surface area contributed by atoms with Gasteiger partial charge in [-0.25, -0.2) is 0 Å². The molecule has 0 saturated carbocycles. The number of carbonyl (C=O) groups excluding carboxylic acids is 2. The molecule has 32 heavy (non-hydrogen) atoms. The lowest BCUT2D eigenvalue weighted by molar-refractivity contribution is -0.122. The van der Waals surface area contributed by atoms with E-state index in [9.17, 15) is 9.59 Å². The summed E-state index contributed by atoms with van der Waals surface area (Å²) >= 11 is 0. The molecule has 0 radical (unpaired) electrons. The van der Waals surface area contributed by atoms with Crippen LogP contribution in [-0.2, 0) is 35.3 Å². The molecule has 0 spiro atoms. The predicted octanol–water partition coefficient (Wildman–Crippen LogP) is 4.63. The van der Waals surface area contributed by atoms with E-state index in [1.54, 1.807) is 0 Å². The minimum absolute atomic E-state index is 0.129. The van der Waals surface area contributed by atoms with Crippen molar-refractivity contribution in [2.75, 3.05) is 0 Å². The quantitative estimate of drug-likeness (QED) is 0.628. The summed E-state index contributed by atoms with van der Waals surface area (Å²) in [4.78, 5) is 24.1. The summed E-state index contributed by atoms with van der Waals surface area (Å²) in [6.45, 7) is 3.03. The van der Waals surface area contributed by atoms with Crippen molar-refractivity contribution in [2.24, 2.45) is 0 Å². The van der Waals surface area contributed by atoms with E-state index >= 15 is 0 Å². The van der Waals surface area contributed by atoms with E-state index < -0.39 is 0 Å². The number of aryl methyl sites for hydroxylation is 4. The van der Waals surface area contributed by atoms with Crippen LogP contribution in [0.1, 0.15) is 59.3 Å². The molecule has 3 aromatic carbocycles. The van der Waals surface area contributed by atoms with Gasteiger partial charge in [-0.2, -0.15) is 0 Å². The molecule has 0 heterocycles. The standard InChI is InChI=1S/C28H30N2O2/c1-19(31)29-27-25-14-10-21(11-15-25)6-8-23-4-3-5-24(18-23)9-7-22-12-16-26(17-13-22)28(27)30-20(2)32/h3-5,10-18,27-28H,6-9H2,1-2H3,(H,29,31)(H,30,32)/t27-,28+. The molecule has 2 N–H and O–H groups in total. The fourth-order valence-electron chi connectivity index (χ4n) is 4.46. The van der Waals surface area contributed by atoms with Crippen LogP contribution in [0.15, 0.2) is 72.8 Å². The number of benzene rings is 3. The zero-order chi connectivity index (χ0) is 22.5. The van der Waals surface area contributed by atoms with Gasteiger partial charge in [-0.05, 0) is 59.1 Å². The van der Waals surface area contributed by atoms with Gasteiger partial charge >= 0.3 is 0 Å². The molecule has 6 bridgehead atoms. The maximum atomic E-state index is 12.1. The van der Waals surface area contributed by atoms with Crippen molar-refractivity contribution in [3.05, 3.63) is 106 Å². The molecular weight excluding hydrogens is 396 g/mol. The van der Waals surface area contributed by atoms with E-state index in [4.69, 9.17) is 0 Å². The third kappa shape index (κ3) is 5.44. The molecule has 0 saturated heterocycles. The van der Waals surface area contributed by atoms with Crippen molar-refractivity contribution in [3.8, 4) is 0 Å². The van der Waals surface area contributed by atoms with Gasteiger partial charge in [-0.3, -0.25) is 9.59 Å². The first-order chi connectivity index (χ1) is 15.5. The summed E-state index contributed by atoms with van der Waals surface area (Å²) < 4.78 is 0. The van der Waals surface area contributed by atoms with Crippen LogP contribution in [0.5, 0.6) is 0 Å². The Bertz CT molecular complexity index is 1000. The lowest BCUT2D eigenvalue weighted by atomic mass is 9.91. The molecule has 4 nitrogen and oxygen atoms in total. The lowest BCUT2D eigenvalue weighted by Gasteiger charge is -2.29. The Morgan fingerprint density at radius 2 is 0.969 bits per heavy atom. The van der Waals surface area contributed by atoms with Crippen LogP contribution in [0, 0.1) is 0 Å². The van der Waals surface area contributed by atoms with Crippen LogP contribution in [0.2, 0.25) is 0 Å². The molecular formula is C28H30N2O2. The van der Waals surface area contributed by atoms with Gasteiger partial charge in [0, 0.05) is 13.8 Å². The van der Waals surface area contributed by atoms with Crippen molar-refractivity contribution >= 4 is 11.8 Å². The second-order valence-electron chi connectivity index (χ2n) is 8.66. The van der Waals surface area contributed by atoms with E-state index in [1.807, 2.05) is 0 Å². The Morgan fingerprint density at radius 1 is 0.594 bits per heavy atom. The highest BCUT2D eigenvalue weighted by molar-refractivity contribution is 5.75. The highest BCUT2D eigenvalue weighted by atomic mass is 16.2. The zero-order valence-electron chi connectivity index (χ0n) is 18.7. The van der Waals surface area contributed by atoms with Crippen LogP contribution in [-0.4, -0.2) is 11.8 Å². The summed E-state index contributed by atoms with van der Waals surface area (Å²) in [5.74, 6) is -0.257. The van der Waals surface area contributed by atoms with Crippen LogP contribution < -0.4 is 10.6 Å². The van der Waals surface area contributed by atoms with Crippen molar-refractivity contribution in [1.82, 2.24) is 10.6 Å². The number of carbonyl (C=O) groups is 2. The monoisotopic (exact) mass is 426 g/mol. The number of nitrogens with one attached hydrogen (secondary N) is 2. The SMILES string of the molecule is CC(=O)N[C@@H]1c2ccc(cc2)CCc2cccc(c2)CCc2ccc(cc2)[C@@H]1NC(C)=O. The fourth-order valence-corrected chi connectivity index (χ4v) is 4.46. The Balaban J connectivity index is 1.77. The Labute approximate surface area is 190 Å². The highest BCUT2D eigenvalue weighted by Crippen LogP contribution is 2.30. The van der Waals surface area contributed by atoms with Crippen LogP contribution >= 0.6 is 0 Å². The zero-order valence-corrected chi connectivity index (χ0v) is 18.7. The van der Waals surface area contributed by atoms with Gasteiger partial charge < -0.3 is 10.6 Å². The van der Waals surface area contributed by atoms with E-state index in [0.717, 1.165) is 36.8 Å². The Morgan fingerprint density at radius 3 is 1.34 bits per heavy atom. The molecule has 2 atom stereocenters. The van der Waals surface area contributed by atoms with Crippen molar-refractivity contribution in [1.29, 1.82) is 0 Å². The molecule has 0 fully saturated rings. The molecule has 6 rings (SSSR count). The van der Waals surface area contributed by atoms with Gasteiger partial charge in [0.15, 0.2) is 0 Å². The number of fused-ring (bicyclic) bond motifs is 2. The summed E-state index contributed by atoms with van der Waals surface area (Å²) in [5.41, 5.74) is 7.16. The maximum Gasteiger partial charge on any atom is 0.217 e. The molecule has 3 aliphatic carbocycles. The molecule has 0 aromatic heterocycles. The van der Waals surface area contributed by atoms with Crippen LogP contribution in [0.25, 0.3) is 0 Å². The van der Waals surface area contributed by atoms with Gasteiger partial charge in [0.25, 0.3) is 0 Å². The topological polar surface area (TPSA) is 58.2 Å². The molecule has 3 aliphatic rings. The Kier molecular flexibility index (Phi) is 6.69. The largest absolute Gasteiger partial charge is 0.347 e. The third-order valence-corrected chi connectivity index (χ3v) is 6.12. The minimum atomic E-state index is -0.359. The summed E-state index contributed by atoms with van der Waals surface area (Å²) in [7, 11) is 0. The molecule has 164 valence electrons. The number of hydrogen-bond donors (Lipinski definition) is 2. The average molecular weight is 427 g/mol. The van der Waals surface area contributed by atoms with Gasteiger partial charge in [0.2, 0.25) is 11.8 Å².